The Balaban J connectivity index is 2.59. The monoisotopic (exact) mass is 454 g/mol. The molecule has 1 amide bonds. The number of hydrogen-bond donors (Lipinski definition) is 1. The van der Waals surface area contributed by atoms with Crippen LogP contribution in [0.25, 0.3) is 0 Å². The molecule has 0 unspecified atom stereocenters. The van der Waals surface area contributed by atoms with Crippen LogP contribution in [-0.2, 0) is 16.6 Å². The van der Waals surface area contributed by atoms with Crippen LogP contribution < -0.4 is 19.1 Å². The summed E-state index contributed by atoms with van der Waals surface area (Å²) >= 11 is 5.94. The number of ether oxygens (including phenoxy) is 2. The Labute approximate surface area is 183 Å². The Morgan fingerprint density at radius 3 is 2.23 bits per heavy atom. The van der Waals surface area contributed by atoms with Crippen LogP contribution in [0.1, 0.15) is 35.7 Å². The number of halogens is 1. The van der Waals surface area contributed by atoms with Crippen molar-refractivity contribution in [3.05, 3.63) is 52.5 Å². The number of hydrogen-bond acceptors (Lipinski definition) is 5. The van der Waals surface area contributed by atoms with Gasteiger partial charge >= 0.3 is 0 Å². The van der Waals surface area contributed by atoms with E-state index in [0.717, 1.165) is 24.7 Å². The zero-order chi connectivity index (χ0) is 22.3. The number of carbonyl (C=O) groups excluding carboxylic acids is 1. The van der Waals surface area contributed by atoms with Crippen molar-refractivity contribution in [2.24, 2.45) is 0 Å². The van der Waals surface area contributed by atoms with E-state index in [9.17, 15) is 13.2 Å². The molecule has 0 aromatic heterocycles. The zero-order valence-corrected chi connectivity index (χ0v) is 19.1. The molecule has 0 aliphatic rings. The lowest BCUT2D eigenvalue weighted by atomic mass is 10.1. The van der Waals surface area contributed by atoms with E-state index in [2.05, 4.69) is 5.32 Å². The normalized spacial score (nSPS) is 11.1. The van der Waals surface area contributed by atoms with Crippen molar-refractivity contribution in [2.45, 2.75) is 26.3 Å². The van der Waals surface area contributed by atoms with E-state index in [-0.39, 0.29) is 23.7 Å². The molecule has 0 aliphatic heterocycles. The third-order valence-electron chi connectivity index (χ3n) is 4.47. The van der Waals surface area contributed by atoms with Crippen molar-refractivity contribution < 1.29 is 22.7 Å². The van der Waals surface area contributed by atoms with Crippen molar-refractivity contribution in [2.75, 3.05) is 31.3 Å². The molecule has 0 saturated heterocycles. The average Bonchev–Trinajstić information content (AvgIpc) is 2.71. The molecule has 0 saturated carbocycles. The van der Waals surface area contributed by atoms with Crippen molar-refractivity contribution in [3.8, 4) is 11.5 Å². The molecule has 30 heavy (non-hydrogen) atoms. The van der Waals surface area contributed by atoms with Crippen LogP contribution in [0, 0.1) is 0 Å². The molecule has 0 bridgehead atoms. The zero-order valence-electron chi connectivity index (χ0n) is 17.6. The van der Waals surface area contributed by atoms with Crippen molar-refractivity contribution in [3.63, 3.8) is 0 Å². The maximum Gasteiger partial charge on any atom is 0.253 e. The number of sulfonamides is 1. The smallest absolute Gasteiger partial charge is 0.253 e. The number of nitrogens with one attached hydrogen (secondary N) is 1. The number of nitrogens with zero attached hydrogens (tertiary/aromatic N) is 1. The number of amides is 1. The quantitative estimate of drug-likeness (QED) is 0.551. The minimum Gasteiger partial charge on any atom is -0.493 e. The topological polar surface area (TPSA) is 84.9 Å². The number of methoxy groups -OCH3 is 2. The summed E-state index contributed by atoms with van der Waals surface area (Å²) in [4.78, 5) is 12.9. The van der Waals surface area contributed by atoms with E-state index in [4.69, 9.17) is 21.1 Å². The highest BCUT2D eigenvalue weighted by Crippen LogP contribution is 2.37. The molecule has 1 N–H and O–H groups in total. The Bertz CT molecular complexity index is 978. The summed E-state index contributed by atoms with van der Waals surface area (Å²) in [6.45, 7) is 2.53. The minimum atomic E-state index is -3.73. The molecule has 0 atom stereocenters. The molecule has 0 spiro atoms. The van der Waals surface area contributed by atoms with Gasteiger partial charge in [-0.3, -0.25) is 9.10 Å². The highest BCUT2D eigenvalue weighted by atomic mass is 35.5. The first kappa shape index (κ1) is 23.8. The maximum absolute atomic E-state index is 12.9. The lowest BCUT2D eigenvalue weighted by molar-refractivity contribution is 0.0953. The molecule has 9 heteroatoms. The van der Waals surface area contributed by atoms with Gasteiger partial charge in [0.1, 0.15) is 0 Å². The summed E-state index contributed by atoms with van der Waals surface area (Å²) in [6.07, 6.45) is 2.83. The van der Waals surface area contributed by atoms with Crippen LogP contribution in [0.4, 0.5) is 5.69 Å². The Morgan fingerprint density at radius 2 is 1.70 bits per heavy atom. The highest BCUT2D eigenvalue weighted by molar-refractivity contribution is 7.92. The summed E-state index contributed by atoms with van der Waals surface area (Å²) in [7, 11) is -0.820. The predicted molar refractivity (Wildman–Crippen MR) is 119 cm³/mol. The first-order valence-corrected chi connectivity index (χ1v) is 11.7. The number of rotatable bonds is 10. The van der Waals surface area contributed by atoms with E-state index < -0.39 is 10.0 Å². The fourth-order valence-corrected chi connectivity index (χ4v) is 3.89. The van der Waals surface area contributed by atoms with Crippen LogP contribution in [-0.4, -0.2) is 41.3 Å². The van der Waals surface area contributed by atoms with Crippen molar-refractivity contribution in [1.29, 1.82) is 0 Å². The largest absolute Gasteiger partial charge is 0.493 e. The molecular weight excluding hydrogens is 428 g/mol. The van der Waals surface area contributed by atoms with Gasteiger partial charge in [0.2, 0.25) is 10.0 Å². The Hall–Kier alpha value is -2.45. The standard InChI is InChI=1S/C21H27ClN2O5S/c1-5-6-11-23-21(25)17-12-19(28-2)20(29-3)13-18(17)24(30(4,26)27)14-15-7-9-16(22)10-8-15/h7-10,12-13H,5-6,11,14H2,1-4H3,(H,23,25). The second kappa shape index (κ2) is 10.5. The maximum atomic E-state index is 12.9. The van der Waals surface area contributed by atoms with Crippen molar-refractivity contribution >= 4 is 33.2 Å². The van der Waals surface area contributed by atoms with Gasteiger partial charge in [-0.2, -0.15) is 0 Å². The third-order valence-corrected chi connectivity index (χ3v) is 5.85. The third kappa shape index (κ3) is 6.03. The number of unbranched alkanes of at least 4 members (excludes halogenated alkanes) is 1. The number of anilines is 1. The molecule has 0 aliphatic carbocycles. The van der Waals surface area contributed by atoms with Gasteiger partial charge in [0, 0.05) is 17.6 Å². The summed E-state index contributed by atoms with van der Waals surface area (Å²) < 4.78 is 37.2. The van der Waals surface area contributed by atoms with Crippen LogP contribution in [0.2, 0.25) is 5.02 Å². The molecule has 0 heterocycles. The van der Waals surface area contributed by atoms with Gasteiger partial charge in [-0.25, -0.2) is 8.42 Å². The van der Waals surface area contributed by atoms with Gasteiger partial charge in [0.25, 0.3) is 5.91 Å². The Kier molecular flexibility index (Phi) is 8.37. The van der Waals surface area contributed by atoms with E-state index in [0.29, 0.717) is 23.1 Å². The lowest BCUT2D eigenvalue weighted by Crippen LogP contribution is -2.33. The first-order valence-electron chi connectivity index (χ1n) is 9.47. The minimum absolute atomic E-state index is 0.0285. The average molecular weight is 455 g/mol. The van der Waals surface area contributed by atoms with Gasteiger partial charge in [0.05, 0.1) is 38.3 Å². The Morgan fingerprint density at radius 1 is 1.10 bits per heavy atom. The predicted octanol–water partition coefficient (Wildman–Crippen LogP) is 3.85. The molecule has 0 radical (unpaired) electrons. The molecule has 164 valence electrons. The fraction of sp³-hybridized carbons (Fsp3) is 0.381. The second-order valence-corrected chi connectivity index (χ2v) is 9.07. The summed E-state index contributed by atoms with van der Waals surface area (Å²) in [6, 6.07) is 9.85. The lowest BCUT2D eigenvalue weighted by Gasteiger charge is -2.26. The van der Waals surface area contributed by atoms with E-state index >= 15 is 0 Å². The summed E-state index contributed by atoms with van der Waals surface area (Å²) in [5.41, 5.74) is 1.11. The molecule has 7 nitrogen and oxygen atoms in total. The van der Waals surface area contributed by atoms with E-state index in [1.165, 1.54) is 30.7 Å². The van der Waals surface area contributed by atoms with Gasteiger partial charge < -0.3 is 14.8 Å². The number of carbonyl (C=O) groups is 1. The molecule has 2 aromatic rings. The molecule has 2 rings (SSSR count). The van der Waals surface area contributed by atoms with Crippen LogP contribution in [0.5, 0.6) is 11.5 Å². The van der Waals surface area contributed by atoms with Crippen LogP contribution >= 0.6 is 11.6 Å². The van der Waals surface area contributed by atoms with Gasteiger partial charge in [-0.05, 0) is 30.2 Å². The fourth-order valence-electron chi connectivity index (χ4n) is 2.87. The van der Waals surface area contributed by atoms with Crippen LogP contribution in [0.15, 0.2) is 36.4 Å². The van der Waals surface area contributed by atoms with Gasteiger partial charge in [-0.1, -0.05) is 37.1 Å². The van der Waals surface area contributed by atoms with Crippen molar-refractivity contribution in [1.82, 2.24) is 5.32 Å². The van der Waals surface area contributed by atoms with Gasteiger partial charge in [-0.15, -0.1) is 0 Å². The highest BCUT2D eigenvalue weighted by Gasteiger charge is 2.26. The SMILES string of the molecule is CCCCNC(=O)c1cc(OC)c(OC)cc1N(Cc1ccc(Cl)cc1)S(C)(=O)=O. The van der Waals surface area contributed by atoms with Crippen LogP contribution in [0.3, 0.4) is 0 Å². The molecule has 0 fully saturated rings. The van der Waals surface area contributed by atoms with E-state index in [1.807, 2.05) is 6.92 Å². The van der Waals surface area contributed by atoms with E-state index in [1.54, 1.807) is 24.3 Å². The second-order valence-electron chi connectivity index (χ2n) is 6.73. The van der Waals surface area contributed by atoms with Gasteiger partial charge in [0.15, 0.2) is 11.5 Å². The first-order chi connectivity index (χ1) is 14.2. The molecule has 2 aromatic carbocycles. The summed E-state index contributed by atoms with van der Waals surface area (Å²) in [5, 5.41) is 3.38. The number of benzene rings is 2. The summed E-state index contributed by atoms with van der Waals surface area (Å²) in [5.74, 6) is 0.272. The molecular formula is C21H27ClN2O5S.